The lowest BCUT2D eigenvalue weighted by molar-refractivity contribution is -0.136. The zero-order chi connectivity index (χ0) is 17.1. The van der Waals surface area contributed by atoms with E-state index in [0.29, 0.717) is 11.9 Å². The maximum Gasteiger partial charge on any atom is 0.226 e. The zero-order valence-corrected chi connectivity index (χ0v) is 15.2. The van der Waals surface area contributed by atoms with Crippen molar-refractivity contribution in [3.05, 3.63) is 24.2 Å². The normalized spacial score (nSPS) is 27.0. The number of hydrogen-bond donors (Lipinski definition) is 0. The molecule has 25 heavy (non-hydrogen) atoms. The topological polar surface area (TPSA) is 39.9 Å². The highest BCUT2D eigenvalue weighted by atomic mass is 16.3. The third-order valence-corrected chi connectivity index (χ3v) is 6.25. The highest BCUT2D eigenvalue weighted by molar-refractivity contribution is 5.79. The van der Waals surface area contributed by atoms with Gasteiger partial charge in [0.25, 0.3) is 0 Å². The number of nitrogens with zero attached hydrogens (tertiary/aromatic N) is 3. The van der Waals surface area contributed by atoms with Crippen LogP contribution in [-0.2, 0) is 11.3 Å². The summed E-state index contributed by atoms with van der Waals surface area (Å²) in [6.07, 6.45) is 8.83. The Kier molecular flexibility index (Phi) is 5.42. The first-order valence-corrected chi connectivity index (χ1v) is 10.1. The molecule has 0 aliphatic carbocycles. The van der Waals surface area contributed by atoms with E-state index in [4.69, 9.17) is 4.42 Å². The van der Waals surface area contributed by atoms with E-state index in [9.17, 15) is 4.79 Å². The molecule has 1 aromatic rings. The molecular weight excluding hydrogens is 314 g/mol. The Labute approximate surface area is 150 Å². The molecule has 0 radical (unpaired) electrons. The van der Waals surface area contributed by atoms with E-state index >= 15 is 0 Å². The summed E-state index contributed by atoms with van der Waals surface area (Å²) in [5.74, 6) is 1.73. The minimum atomic E-state index is 0.244. The molecular formula is C20H31N3O2. The van der Waals surface area contributed by atoms with Crippen molar-refractivity contribution in [2.45, 2.75) is 51.1 Å². The molecule has 0 spiro atoms. The van der Waals surface area contributed by atoms with Gasteiger partial charge in [0, 0.05) is 38.8 Å². The number of likely N-dealkylation sites (tertiary alicyclic amines) is 3. The zero-order valence-electron chi connectivity index (χ0n) is 15.2. The van der Waals surface area contributed by atoms with Crippen LogP contribution in [0.5, 0.6) is 0 Å². The van der Waals surface area contributed by atoms with Gasteiger partial charge in [-0.3, -0.25) is 14.6 Å². The number of rotatable bonds is 4. The van der Waals surface area contributed by atoms with Crippen LogP contribution in [0.4, 0.5) is 0 Å². The summed E-state index contributed by atoms with van der Waals surface area (Å²) >= 11 is 0. The minimum Gasteiger partial charge on any atom is -0.468 e. The third-order valence-electron chi connectivity index (χ3n) is 6.25. The van der Waals surface area contributed by atoms with Crippen molar-refractivity contribution < 1.29 is 9.21 Å². The van der Waals surface area contributed by atoms with E-state index < -0.39 is 0 Å². The first-order chi connectivity index (χ1) is 12.3. The predicted molar refractivity (Wildman–Crippen MR) is 97.1 cm³/mol. The molecule has 3 fully saturated rings. The second kappa shape index (κ2) is 7.92. The average molecular weight is 345 g/mol. The van der Waals surface area contributed by atoms with Crippen molar-refractivity contribution in [1.82, 2.24) is 14.7 Å². The Morgan fingerprint density at radius 3 is 2.56 bits per heavy atom. The van der Waals surface area contributed by atoms with Gasteiger partial charge >= 0.3 is 0 Å². The second-order valence-electron chi connectivity index (χ2n) is 7.95. The van der Waals surface area contributed by atoms with Crippen molar-refractivity contribution in [3.8, 4) is 0 Å². The third kappa shape index (κ3) is 4.09. The van der Waals surface area contributed by atoms with Gasteiger partial charge in [0.2, 0.25) is 5.91 Å². The van der Waals surface area contributed by atoms with Gasteiger partial charge in [-0.15, -0.1) is 0 Å². The molecule has 3 saturated heterocycles. The van der Waals surface area contributed by atoms with Crippen LogP contribution in [0.1, 0.15) is 44.3 Å². The molecule has 1 amide bonds. The summed E-state index contributed by atoms with van der Waals surface area (Å²) in [5, 5.41) is 0. The Hall–Kier alpha value is -1.33. The molecule has 4 rings (SSSR count). The van der Waals surface area contributed by atoms with Gasteiger partial charge < -0.3 is 9.32 Å². The number of carbonyl (C=O) groups excluding carboxylic acids is 1. The average Bonchev–Trinajstić information content (AvgIpc) is 3.36. The number of amides is 1. The number of carbonyl (C=O) groups is 1. The van der Waals surface area contributed by atoms with E-state index in [1.54, 1.807) is 6.26 Å². The van der Waals surface area contributed by atoms with E-state index in [-0.39, 0.29) is 5.92 Å². The quantitative estimate of drug-likeness (QED) is 0.841. The van der Waals surface area contributed by atoms with Crippen LogP contribution in [0.2, 0.25) is 0 Å². The van der Waals surface area contributed by atoms with Gasteiger partial charge in [-0.05, 0) is 57.2 Å². The largest absolute Gasteiger partial charge is 0.468 e. The lowest BCUT2D eigenvalue weighted by Crippen LogP contribution is -2.50. The fourth-order valence-corrected chi connectivity index (χ4v) is 4.80. The van der Waals surface area contributed by atoms with Crippen molar-refractivity contribution >= 4 is 5.91 Å². The van der Waals surface area contributed by atoms with Crippen molar-refractivity contribution in [3.63, 3.8) is 0 Å². The number of piperidine rings is 2. The summed E-state index contributed by atoms with van der Waals surface area (Å²) in [7, 11) is 0. The summed E-state index contributed by atoms with van der Waals surface area (Å²) in [6.45, 7) is 7.32. The predicted octanol–water partition coefficient (Wildman–Crippen LogP) is 2.58. The SMILES string of the molecule is O=C([C@H]1CCCN(C2CCN(Cc3ccco3)CC2)C1)N1CCCC1. The van der Waals surface area contributed by atoms with E-state index in [1.165, 1.54) is 38.6 Å². The summed E-state index contributed by atoms with van der Waals surface area (Å²) in [6, 6.07) is 4.68. The van der Waals surface area contributed by atoms with Gasteiger partial charge in [0.15, 0.2) is 0 Å². The van der Waals surface area contributed by atoms with Crippen molar-refractivity contribution in [2.75, 3.05) is 39.3 Å². The standard InChI is InChI=1S/C20H31N3O2/c24-20(22-9-1-2-10-22)17-5-3-11-23(15-17)18-7-12-21(13-8-18)16-19-6-4-14-25-19/h4,6,14,17-18H,1-3,5,7-13,15-16H2/t17-/m0/s1. The molecule has 4 heterocycles. The minimum absolute atomic E-state index is 0.244. The van der Waals surface area contributed by atoms with Gasteiger partial charge in [0.1, 0.15) is 5.76 Å². The Morgan fingerprint density at radius 2 is 1.84 bits per heavy atom. The number of hydrogen-bond acceptors (Lipinski definition) is 4. The fourth-order valence-electron chi connectivity index (χ4n) is 4.80. The van der Waals surface area contributed by atoms with Crippen LogP contribution in [0, 0.1) is 5.92 Å². The maximum absolute atomic E-state index is 12.7. The molecule has 0 N–H and O–H groups in total. The highest BCUT2D eigenvalue weighted by Crippen LogP contribution is 2.26. The van der Waals surface area contributed by atoms with Crippen LogP contribution in [-0.4, -0.2) is 65.9 Å². The molecule has 0 aromatic carbocycles. The Bertz CT molecular complexity index is 545. The maximum atomic E-state index is 12.7. The highest BCUT2D eigenvalue weighted by Gasteiger charge is 2.34. The molecule has 0 unspecified atom stereocenters. The molecule has 1 atom stereocenters. The second-order valence-corrected chi connectivity index (χ2v) is 7.95. The van der Waals surface area contributed by atoms with Crippen LogP contribution < -0.4 is 0 Å². The van der Waals surface area contributed by atoms with Crippen LogP contribution in [0.25, 0.3) is 0 Å². The molecule has 1 aromatic heterocycles. The number of furan rings is 1. The van der Waals surface area contributed by atoms with Crippen LogP contribution >= 0.6 is 0 Å². The van der Waals surface area contributed by atoms with Gasteiger partial charge in [-0.25, -0.2) is 0 Å². The van der Waals surface area contributed by atoms with Gasteiger partial charge in [-0.1, -0.05) is 0 Å². The fraction of sp³-hybridized carbons (Fsp3) is 0.750. The van der Waals surface area contributed by atoms with E-state index in [0.717, 1.165) is 51.4 Å². The van der Waals surface area contributed by atoms with E-state index in [2.05, 4.69) is 20.8 Å². The molecule has 5 heteroatoms. The molecule has 3 aliphatic rings. The lowest BCUT2D eigenvalue weighted by Gasteiger charge is -2.42. The molecule has 3 aliphatic heterocycles. The van der Waals surface area contributed by atoms with Gasteiger partial charge in [-0.2, -0.15) is 0 Å². The first kappa shape index (κ1) is 17.1. The van der Waals surface area contributed by atoms with Crippen molar-refractivity contribution in [1.29, 1.82) is 0 Å². The molecule has 138 valence electrons. The molecule has 0 saturated carbocycles. The molecule has 5 nitrogen and oxygen atoms in total. The smallest absolute Gasteiger partial charge is 0.226 e. The van der Waals surface area contributed by atoms with Gasteiger partial charge in [0.05, 0.1) is 18.7 Å². The van der Waals surface area contributed by atoms with Crippen LogP contribution in [0.15, 0.2) is 22.8 Å². The summed E-state index contributed by atoms with van der Waals surface area (Å²) in [5.41, 5.74) is 0. The molecule has 0 bridgehead atoms. The monoisotopic (exact) mass is 345 g/mol. The van der Waals surface area contributed by atoms with E-state index in [1.807, 2.05) is 6.07 Å². The Balaban J connectivity index is 1.26. The summed E-state index contributed by atoms with van der Waals surface area (Å²) in [4.78, 5) is 20.0. The van der Waals surface area contributed by atoms with Crippen LogP contribution in [0.3, 0.4) is 0 Å². The first-order valence-electron chi connectivity index (χ1n) is 10.1. The lowest BCUT2D eigenvalue weighted by atomic mass is 9.93. The summed E-state index contributed by atoms with van der Waals surface area (Å²) < 4.78 is 5.47. The Morgan fingerprint density at radius 1 is 1.04 bits per heavy atom. The van der Waals surface area contributed by atoms with Crippen molar-refractivity contribution in [2.24, 2.45) is 5.92 Å².